The first kappa shape index (κ1) is 15.8. The van der Waals surface area contributed by atoms with Gasteiger partial charge in [-0.1, -0.05) is 0 Å². The fraction of sp³-hybridized carbons (Fsp3) is 1.00. The molecule has 0 aromatic rings. The number of aliphatic hydroxyl groups excluding tert-OH is 1. The standard InChI is InChI=1S/C7H15NO5S.Na.H/c9-7(6-14(10,11)12)5-8-1-3-13-4-2-8;;/h7,9H,1-6H2,(H,10,11,12);;/q;+1;-1. The fourth-order valence-corrected chi connectivity index (χ4v) is 1.97. The normalized spacial score (nSPS) is 20.7. The Bertz CT molecular complexity index is 270. The van der Waals surface area contributed by atoms with Gasteiger partial charge in [-0.2, -0.15) is 8.42 Å². The zero-order valence-corrected chi connectivity index (χ0v) is 11.6. The van der Waals surface area contributed by atoms with Crippen molar-refractivity contribution >= 4 is 10.1 Å². The summed E-state index contributed by atoms with van der Waals surface area (Å²) in [4.78, 5) is 1.90. The van der Waals surface area contributed by atoms with Crippen molar-refractivity contribution in [1.82, 2.24) is 4.90 Å². The van der Waals surface area contributed by atoms with Gasteiger partial charge in [-0.3, -0.25) is 9.45 Å². The molecule has 0 spiro atoms. The second-order valence-electron chi connectivity index (χ2n) is 3.32. The molecule has 15 heavy (non-hydrogen) atoms. The van der Waals surface area contributed by atoms with Crippen molar-refractivity contribution in [3.8, 4) is 0 Å². The number of morpholine rings is 1. The van der Waals surface area contributed by atoms with Gasteiger partial charge in [-0.05, 0) is 0 Å². The van der Waals surface area contributed by atoms with Crippen LogP contribution in [0.5, 0.6) is 0 Å². The molecule has 1 aliphatic heterocycles. The summed E-state index contributed by atoms with van der Waals surface area (Å²) in [5.41, 5.74) is 0. The Morgan fingerprint density at radius 3 is 2.40 bits per heavy atom. The predicted molar refractivity (Wildman–Crippen MR) is 50.8 cm³/mol. The van der Waals surface area contributed by atoms with Gasteiger partial charge in [0, 0.05) is 19.6 Å². The molecule has 1 unspecified atom stereocenters. The van der Waals surface area contributed by atoms with Crippen LogP contribution in [0.1, 0.15) is 1.43 Å². The molecular weight excluding hydrogens is 233 g/mol. The third kappa shape index (κ3) is 7.64. The largest absolute Gasteiger partial charge is 1.00 e. The zero-order valence-electron chi connectivity index (χ0n) is 9.79. The van der Waals surface area contributed by atoms with Gasteiger partial charge < -0.3 is 11.3 Å². The van der Waals surface area contributed by atoms with Crippen LogP contribution in [-0.4, -0.2) is 67.7 Å². The molecule has 8 heteroatoms. The van der Waals surface area contributed by atoms with Crippen molar-refractivity contribution in [2.24, 2.45) is 0 Å². The second kappa shape index (κ2) is 7.18. The summed E-state index contributed by atoms with van der Waals surface area (Å²) in [6, 6.07) is 0. The molecule has 1 aliphatic rings. The minimum absolute atomic E-state index is 0. The van der Waals surface area contributed by atoms with E-state index in [2.05, 4.69) is 0 Å². The topological polar surface area (TPSA) is 87.1 Å². The van der Waals surface area contributed by atoms with E-state index in [9.17, 15) is 13.5 Å². The van der Waals surface area contributed by atoms with Gasteiger partial charge in [0.1, 0.15) is 5.75 Å². The first-order valence-electron chi connectivity index (χ1n) is 4.41. The molecule has 2 N–H and O–H groups in total. The van der Waals surface area contributed by atoms with Crippen molar-refractivity contribution in [1.29, 1.82) is 0 Å². The first-order chi connectivity index (χ1) is 6.47. The molecule has 0 saturated carbocycles. The predicted octanol–water partition coefficient (Wildman–Crippen LogP) is -4.32. The van der Waals surface area contributed by atoms with Crippen LogP contribution in [0.15, 0.2) is 0 Å². The van der Waals surface area contributed by atoms with E-state index in [0.29, 0.717) is 26.3 Å². The van der Waals surface area contributed by atoms with Crippen LogP contribution in [-0.2, 0) is 14.9 Å². The Kier molecular flexibility index (Phi) is 7.56. The monoisotopic (exact) mass is 249 g/mol. The van der Waals surface area contributed by atoms with Crippen molar-refractivity contribution in [3.63, 3.8) is 0 Å². The van der Waals surface area contributed by atoms with Crippen molar-refractivity contribution in [2.45, 2.75) is 6.10 Å². The quantitative estimate of drug-likeness (QED) is 0.387. The van der Waals surface area contributed by atoms with E-state index < -0.39 is 22.0 Å². The molecule has 0 amide bonds. The van der Waals surface area contributed by atoms with Gasteiger partial charge in [0.05, 0.1) is 19.3 Å². The second-order valence-corrected chi connectivity index (χ2v) is 4.81. The fourth-order valence-electron chi connectivity index (χ4n) is 1.38. The molecule has 86 valence electrons. The maximum Gasteiger partial charge on any atom is 1.00 e. The summed E-state index contributed by atoms with van der Waals surface area (Å²) in [5, 5.41) is 9.32. The molecule has 1 fully saturated rings. The van der Waals surface area contributed by atoms with Crippen LogP contribution in [0.25, 0.3) is 0 Å². The van der Waals surface area contributed by atoms with Crippen LogP contribution in [0.4, 0.5) is 0 Å². The minimum Gasteiger partial charge on any atom is -1.00 e. The third-order valence-corrected chi connectivity index (χ3v) is 2.78. The van der Waals surface area contributed by atoms with E-state index in [1.807, 2.05) is 4.90 Å². The Labute approximate surface area is 113 Å². The Morgan fingerprint density at radius 1 is 1.40 bits per heavy atom. The van der Waals surface area contributed by atoms with E-state index in [4.69, 9.17) is 9.29 Å². The SMILES string of the molecule is O=S(=O)(O)CC(O)CN1CCOCC1.[H-].[Na+]. The van der Waals surface area contributed by atoms with E-state index >= 15 is 0 Å². The van der Waals surface area contributed by atoms with E-state index in [1.54, 1.807) is 0 Å². The summed E-state index contributed by atoms with van der Waals surface area (Å²) in [5.74, 6) is -0.607. The molecular formula is C7H16NNaO5S. The average Bonchev–Trinajstić information content (AvgIpc) is 2.02. The average molecular weight is 249 g/mol. The molecule has 0 bridgehead atoms. The van der Waals surface area contributed by atoms with Crippen molar-refractivity contribution in [2.75, 3.05) is 38.6 Å². The summed E-state index contributed by atoms with van der Waals surface area (Å²) in [7, 11) is -4.08. The molecule has 1 rings (SSSR count). The molecule has 0 radical (unpaired) electrons. The number of hydrogen-bond donors (Lipinski definition) is 2. The molecule has 0 aromatic heterocycles. The number of aliphatic hydroxyl groups is 1. The number of ether oxygens (including phenoxy) is 1. The Balaban J connectivity index is 0. The minimum atomic E-state index is -4.08. The van der Waals surface area contributed by atoms with Gasteiger partial charge in [0.15, 0.2) is 0 Å². The summed E-state index contributed by atoms with van der Waals surface area (Å²) >= 11 is 0. The van der Waals surface area contributed by atoms with Gasteiger partial charge in [-0.25, -0.2) is 0 Å². The molecule has 6 nitrogen and oxygen atoms in total. The number of β-amino-alcohol motifs (C(OH)–C–C–N with tert-alkyl or cyclic N) is 1. The number of rotatable bonds is 4. The smallest absolute Gasteiger partial charge is 1.00 e. The molecule has 1 atom stereocenters. The van der Waals surface area contributed by atoms with Crippen LogP contribution in [0.3, 0.4) is 0 Å². The molecule has 0 aliphatic carbocycles. The Morgan fingerprint density at radius 2 is 1.93 bits per heavy atom. The van der Waals surface area contributed by atoms with Crippen LogP contribution >= 0.6 is 0 Å². The van der Waals surface area contributed by atoms with Crippen molar-refractivity contribution in [3.05, 3.63) is 0 Å². The zero-order chi connectivity index (χ0) is 10.6. The summed E-state index contributed by atoms with van der Waals surface area (Å²) < 4.78 is 34.4. The molecule has 1 saturated heterocycles. The summed E-state index contributed by atoms with van der Waals surface area (Å²) in [6.45, 7) is 2.81. The van der Waals surface area contributed by atoms with E-state index in [-0.39, 0.29) is 37.5 Å². The molecule has 1 heterocycles. The Hall–Kier alpha value is 0.790. The van der Waals surface area contributed by atoms with Crippen molar-refractivity contribution < 1.29 is 53.8 Å². The van der Waals surface area contributed by atoms with Gasteiger partial charge in [0.25, 0.3) is 10.1 Å². The van der Waals surface area contributed by atoms with Gasteiger partial charge >= 0.3 is 29.6 Å². The number of hydrogen-bond acceptors (Lipinski definition) is 5. The van der Waals surface area contributed by atoms with Gasteiger partial charge in [-0.15, -0.1) is 0 Å². The summed E-state index contributed by atoms with van der Waals surface area (Å²) in [6.07, 6.45) is -1.04. The van der Waals surface area contributed by atoms with Crippen LogP contribution in [0, 0.1) is 0 Å². The van der Waals surface area contributed by atoms with Crippen LogP contribution in [0.2, 0.25) is 0 Å². The first-order valence-corrected chi connectivity index (χ1v) is 6.01. The third-order valence-electron chi connectivity index (χ3n) is 1.98. The molecule has 0 aromatic carbocycles. The maximum atomic E-state index is 10.4. The maximum absolute atomic E-state index is 10.4. The van der Waals surface area contributed by atoms with Crippen LogP contribution < -0.4 is 29.6 Å². The van der Waals surface area contributed by atoms with E-state index in [1.165, 1.54) is 0 Å². The number of nitrogens with zero attached hydrogens (tertiary/aromatic N) is 1. The van der Waals surface area contributed by atoms with E-state index in [0.717, 1.165) is 0 Å². The van der Waals surface area contributed by atoms with Gasteiger partial charge in [0.2, 0.25) is 0 Å².